The molecule has 0 aliphatic carbocycles. The zero-order chi connectivity index (χ0) is 10.1. The highest BCUT2D eigenvalue weighted by molar-refractivity contribution is 14.1. The van der Waals surface area contributed by atoms with E-state index in [-0.39, 0.29) is 0 Å². The van der Waals surface area contributed by atoms with Crippen LogP contribution in [0.1, 0.15) is 11.3 Å². The van der Waals surface area contributed by atoms with Crippen LogP contribution in [0, 0.1) is 3.57 Å². The smallest absolute Gasteiger partial charge is 0.257 e. The van der Waals surface area contributed by atoms with Gasteiger partial charge < -0.3 is 0 Å². The molecular formula is C7H4F4IN. The molecule has 0 atom stereocenters. The van der Waals surface area contributed by atoms with Gasteiger partial charge in [-0.25, -0.2) is 4.39 Å². The van der Waals surface area contributed by atoms with Crippen molar-refractivity contribution < 1.29 is 17.6 Å². The Morgan fingerprint density at radius 2 is 2.00 bits per heavy atom. The average Bonchev–Trinajstić information content (AvgIpc) is 2.03. The van der Waals surface area contributed by atoms with Crippen LogP contribution >= 0.6 is 22.6 Å². The Balaban J connectivity index is 3.24. The molecule has 6 heteroatoms. The Labute approximate surface area is 85.3 Å². The Hall–Kier alpha value is -0.400. The molecule has 0 N–H and O–H groups in total. The molecule has 0 fully saturated rings. The quantitative estimate of drug-likeness (QED) is 0.574. The maximum Gasteiger partial charge on any atom is 0.418 e. The predicted octanol–water partition coefficient (Wildman–Crippen LogP) is 3.17. The molecule has 0 aliphatic heterocycles. The van der Waals surface area contributed by atoms with Crippen molar-refractivity contribution in [3.63, 3.8) is 0 Å². The van der Waals surface area contributed by atoms with Gasteiger partial charge in [0, 0.05) is 9.77 Å². The molecule has 1 heterocycles. The highest BCUT2D eigenvalue weighted by Crippen LogP contribution is 2.32. The van der Waals surface area contributed by atoms with E-state index < -0.39 is 24.1 Å². The molecule has 0 saturated carbocycles. The summed E-state index contributed by atoms with van der Waals surface area (Å²) in [6.45, 7) is -1.20. The number of hydrogen-bond donors (Lipinski definition) is 0. The maximum atomic E-state index is 12.2. The summed E-state index contributed by atoms with van der Waals surface area (Å²) in [5.74, 6) is 0. The second-order valence-corrected chi connectivity index (χ2v) is 3.52. The minimum atomic E-state index is -4.53. The van der Waals surface area contributed by atoms with Gasteiger partial charge in [0.15, 0.2) is 0 Å². The second kappa shape index (κ2) is 3.77. The summed E-state index contributed by atoms with van der Waals surface area (Å²) in [5.41, 5.74) is -1.56. The fourth-order valence-electron chi connectivity index (χ4n) is 0.820. The summed E-state index contributed by atoms with van der Waals surface area (Å²) >= 11 is 1.69. The lowest BCUT2D eigenvalue weighted by Crippen LogP contribution is -2.10. The summed E-state index contributed by atoms with van der Waals surface area (Å²) in [7, 11) is 0. The minimum absolute atomic E-state index is 0.335. The van der Waals surface area contributed by atoms with Crippen molar-refractivity contribution in [1.29, 1.82) is 0 Å². The monoisotopic (exact) mass is 305 g/mol. The first kappa shape index (κ1) is 10.7. The summed E-state index contributed by atoms with van der Waals surface area (Å²) in [6.07, 6.45) is -3.33. The van der Waals surface area contributed by atoms with Crippen LogP contribution in [0.2, 0.25) is 0 Å². The molecule has 0 bridgehead atoms. The van der Waals surface area contributed by atoms with Crippen molar-refractivity contribution >= 4 is 22.6 Å². The van der Waals surface area contributed by atoms with Gasteiger partial charge in [0.05, 0.1) is 11.3 Å². The van der Waals surface area contributed by atoms with Crippen molar-refractivity contribution in [3.8, 4) is 0 Å². The molecule has 0 saturated heterocycles. The molecule has 1 nitrogen and oxygen atoms in total. The van der Waals surface area contributed by atoms with Crippen molar-refractivity contribution in [3.05, 3.63) is 27.1 Å². The normalized spacial score (nSPS) is 11.8. The van der Waals surface area contributed by atoms with Gasteiger partial charge in [0.2, 0.25) is 0 Å². The fourth-order valence-corrected chi connectivity index (χ4v) is 1.27. The van der Waals surface area contributed by atoms with E-state index in [4.69, 9.17) is 0 Å². The summed E-state index contributed by atoms with van der Waals surface area (Å²) in [6, 6.07) is 0.877. The number of nitrogens with zero attached hydrogens (tertiary/aromatic N) is 1. The van der Waals surface area contributed by atoms with E-state index in [9.17, 15) is 17.6 Å². The first-order chi connectivity index (χ1) is 5.95. The van der Waals surface area contributed by atoms with Gasteiger partial charge in [-0.15, -0.1) is 0 Å². The van der Waals surface area contributed by atoms with Crippen LogP contribution in [-0.4, -0.2) is 4.98 Å². The van der Waals surface area contributed by atoms with Gasteiger partial charge in [0.25, 0.3) is 0 Å². The highest BCUT2D eigenvalue weighted by Gasteiger charge is 2.34. The van der Waals surface area contributed by atoms with Crippen LogP contribution in [0.25, 0.3) is 0 Å². The number of pyridine rings is 1. The first-order valence-electron chi connectivity index (χ1n) is 3.22. The Morgan fingerprint density at radius 1 is 1.38 bits per heavy atom. The van der Waals surface area contributed by atoms with Crippen LogP contribution in [-0.2, 0) is 12.9 Å². The predicted molar refractivity (Wildman–Crippen MR) is 46.8 cm³/mol. The van der Waals surface area contributed by atoms with Gasteiger partial charge in [-0.2, -0.15) is 13.2 Å². The third-order valence-corrected chi connectivity index (χ3v) is 1.96. The molecule has 1 rings (SSSR count). The molecule has 72 valence electrons. The average molecular weight is 305 g/mol. The first-order valence-corrected chi connectivity index (χ1v) is 4.30. The molecular weight excluding hydrogens is 301 g/mol. The van der Waals surface area contributed by atoms with Crippen molar-refractivity contribution in [1.82, 2.24) is 4.98 Å². The van der Waals surface area contributed by atoms with Crippen molar-refractivity contribution in [2.45, 2.75) is 12.9 Å². The van der Waals surface area contributed by atoms with Crippen LogP contribution < -0.4 is 0 Å². The molecule has 0 aromatic carbocycles. The largest absolute Gasteiger partial charge is 0.418 e. The molecule has 1 aromatic heterocycles. The lowest BCUT2D eigenvalue weighted by atomic mass is 10.2. The van der Waals surface area contributed by atoms with E-state index in [0.29, 0.717) is 3.57 Å². The topological polar surface area (TPSA) is 12.9 Å². The third kappa shape index (κ3) is 2.52. The standard InChI is InChI=1S/C7H4F4IN/c8-2-6-5(7(9,10)11)1-4(12)3-13-6/h1,3H,2H2. The maximum absolute atomic E-state index is 12.2. The van der Waals surface area contributed by atoms with Gasteiger partial charge in [0.1, 0.15) is 6.67 Å². The summed E-state index contributed by atoms with van der Waals surface area (Å²) < 4.78 is 49.0. The van der Waals surface area contributed by atoms with Crippen LogP contribution in [0.15, 0.2) is 12.3 Å². The summed E-state index contributed by atoms with van der Waals surface area (Å²) in [5, 5.41) is 0. The van der Waals surface area contributed by atoms with Crippen LogP contribution in [0.5, 0.6) is 0 Å². The fraction of sp³-hybridized carbons (Fsp3) is 0.286. The lowest BCUT2D eigenvalue weighted by Gasteiger charge is -2.09. The van der Waals surface area contributed by atoms with E-state index in [2.05, 4.69) is 4.98 Å². The van der Waals surface area contributed by atoms with Gasteiger partial charge in [-0.3, -0.25) is 4.98 Å². The third-order valence-electron chi connectivity index (χ3n) is 1.37. The summed E-state index contributed by atoms with van der Waals surface area (Å²) in [4.78, 5) is 3.36. The van der Waals surface area contributed by atoms with Crippen molar-refractivity contribution in [2.24, 2.45) is 0 Å². The Bertz CT molecular complexity index is 310. The minimum Gasteiger partial charge on any atom is -0.257 e. The Kier molecular flexibility index (Phi) is 3.09. The van der Waals surface area contributed by atoms with E-state index >= 15 is 0 Å². The molecule has 0 aliphatic rings. The van der Waals surface area contributed by atoms with Gasteiger partial charge in [-0.1, -0.05) is 0 Å². The zero-order valence-corrected chi connectivity index (χ0v) is 8.36. The van der Waals surface area contributed by atoms with Crippen molar-refractivity contribution in [2.75, 3.05) is 0 Å². The molecule has 0 amide bonds. The number of alkyl halides is 4. The second-order valence-electron chi connectivity index (χ2n) is 2.28. The lowest BCUT2D eigenvalue weighted by molar-refractivity contribution is -0.138. The number of halogens is 5. The number of aromatic nitrogens is 1. The van der Waals surface area contributed by atoms with Gasteiger partial charge in [-0.05, 0) is 28.7 Å². The van der Waals surface area contributed by atoms with E-state index in [1.54, 1.807) is 22.6 Å². The zero-order valence-electron chi connectivity index (χ0n) is 6.20. The highest BCUT2D eigenvalue weighted by atomic mass is 127. The molecule has 13 heavy (non-hydrogen) atoms. The van der Waals surface area contributed by atoms with Crippen LogP contribution in [0.3, 0.4) is 0 Å². The SMILES string of the molecule is FCc1ncc(I)cc1C(F)(F)F. The van der Waals surface area contributed by atoms with E-state index in [1.165, 1.54) is 6.20 Å². The van der Waals surface area contributed by atoms with Gasteiger partial charge >= 0.3 is 6.18 Å². The van der Waals surface area contributed by atoms with E-state index in [0.717, 1.165) is 6.07 Å². The molecule has 0 spiro atoms. The molecule has 0 unspecified atom stereocenters. The number of rotatable bonds is 1. The molecule has 0 radical (unpaired) electrons. The Morgan fingerprint density at radius 3 is 2.46 bits per heavy atom. The van der Waals surface area contributed by atoms with Crippen LogP contribution in [0.4, 0.5) is 17.6 Å². The molecule has 1 aromatic rings. The number of hydrogen-bond acceptors (Lipinski definition) is 1. The van der Waals surface area contributed by atoms with E-state index in [1.807, 2.05) is 0 Å².